The first-order valence-electron chi connectivity index (χ1n) is 6.34. The lowest BCUT2D eigenvalue weighted by molar-refractivity contribution is 0.619. The van der Waals surface area contributed by atoms with Crippen LogP contribution in [-0.2, 0) is 0 Å². The topological polar surface area (TPSA) is 83.8 Å². The Morgan fingerprint density at radius 2 is 2.10 bits per heavy atom. The lowest BCUT2D eigenvalue weighted by atomic mass is 10.1. The summed E-state index contributed by atoms with van der Waals surface area (Å²) in [6, 6.07) is 7.96. The van der Waals surface area contributed by atoms with Gasteiger partial charge in [0.25, 0.3) is 5.56 Å². The minimum atomic E-state index is -0.264. The summed E-state index contributed by atoms with van der Waals surface area (Å²) in [5.41, 5.74) is 8.54. The zero-order valence-electron chi connectivity index (χ0n) is 11.3. The second-order valence-corrected chi connectivity index (χ2v) is 4.78. The van der Waals surface area contributed by atoms with Gasteiger partial charge < -0.3 is 16.0 Å². The Labute approximate surface area is 119 Å². The molecule has 0 fully saturated rings. The van der Waals surface area contributed by atoms with Crippen molar-refractivity contribution in [1.82, 2.24) is 9.97 Å². The molecule has 4 N–H and O–H groups in total. The van der Waals surface area contributed by atoms with Crippen molar-refractivity contribution in [1.29, 1.82) is 0 Å². The summed E-state index contributed by atoms with van der Waals surface area (Å²) in [6.07, 6.45) is 1.34. The highest BCUT2D eigenvalue weighted by Gasteiger charge is 2.07. The van der Waals surface area contributed by atoms with E-state index < -0.39 is 0 Å². The van der Waals surface area contributed by atoms with Gasteiger partial charge in [-0.1, -0.05) is 0 Å². The first-order valence-corrected chi connectivity index (χ1v) is 6.34. The molecule has 2 aromatic carbocycles. The van der Waals surface area contributed by atoms with Gasteiger partial charge in [-0.3, -0.25) is 4.79 Å². The molecule has 0 radical (unpaired) electrons. The summed E-state index contributed by atoms with van der Waals surface area (Å²) in [7, 11) is 0. The summed E-state index contributed by atoms with van der Waals surface area (Å²) < 4.78 is 13.3. The first-order chi connectivity index (χ1) is 10.0. The molecule has 0 aliphatic heterocycles. The Balaban J connectivity index is 2.06. The Bertz CT molecular complexity index is 888. The fraction of sp³-hybridized carbons (Fsp3) is 0.0667. The van der Waals surface area contributed by atoms with Gasteiger partial charge in [0.15, 0.2) is 0 Å². The molecule has 0 aliphatic carbocycles. The van der Waals surface area contributed by atoms with E-state index in [1.807, 2.05) is 0 Å². The molecular formula is C15H13FN4O. The minimum Gasteiger partial charge on any atom is -0.397 e. The van der Waals surface area contributed by atoms with E-state index in [0.29, 0.717) is 33.5 Å². The van der Waals surface area contributed by atoms with Crippen LogP contribution in [0, 0.1) is 12.7 Å². The van der Waals surface area contributed by atoms with Crippen LogP contribution in [0.3, 0.4) is 0 Å². The molecule has 5 nitrogen and oxygen atoms in total. The molecular weight excluding hydrogens is 271 g/mol. The highest BCUT2D eigenvalue weighted by atomic mass is 19.1. The van der Waals surface area contributed by atoms with Gasteiger partial charge in [-0.05, 0) is 42.8 Å². The van der Waals surface area contributed by atoms with Crippen molar-refractivity contribution < 1.29 is 4.39 Å². The molecule has 0 bridgehead atoms. The van der Waals surface area contributed by atoms with Crippen molar-refractivity contribution >= 4 is 28.0 Å². The molecule has 1 aromatic heterocycles. The third-order valence-electron chi connectivity index (χ3n) is 3.25. The van der Waals surface area contributed by atoms with Crippen LogP contribution in [0.15, 0.2) is 41.5 Å². The average molecular weight is 284 g/mol. The molecule has 0 saturated heterocycles. The Hall–Kier alpha value is -2.89. The van der Waals surface area contributed by atoms with E-state index in [9.17, 15) is 9.18 Å². The fourth-order valence-electron chi connectivity index (χ4n) is 2.12. The van der Waals surface area contributed by atoms with Crippen LogP contribution in [0.5, 0.6) is 0 Å². The van der Waals surface area contributed by atoms with Crippen molar-refractivity contribution in [2.24, 2.45) is 0 Å². The van der Waals surface area contributed by atoms with E-state index in [2.05, 4.69) is 15.3 Å². The third-order valence-corrected chi connectivity index (χ3v) is 3.25. The zero-order valence-corrected chi connectivity index (χ0v) is 11.3. The smallest absolute Gasteiger partial charge is 0.258 e. The molecule has 3 aromatic rings. The highest BCUT2D eigenvalue weighted by Crippen LogP contribution is 2.27. The number of anilines is 3. The molecule has 21 heavy (non-hydrogen) atoms. The second-order valence-electron chi connectivity index (χ2n) is 4.78. The molecule has 106 valence electrons. The number of rotatable bonds is 2. The Morgan fingerprint density at radius 3 is 2.86 bits per heavy atom. The largest absolute Gasteiger partial charge is 0.397 e. The maximum Gasteiger partial charge on any atom is 0.258 e. The molecule has 1 heterocycles. The number of hydrogen-bond acceptors (Lipinski definition) is 4. The summed E-state index contributed by atoms with van der Waals surface area (Å²) in [5, 5.41) is 3.53. The van der Waals surface area contributed by atoms with E-state index in [4.69, 9.17) is 5.73 Å². The summed E-state index contributed by atoms with van der Waals surface area (Å²) >= 11 is 0. The van der Waals surface area contributed by atoms with Crippen LogP contribution in [0.4, 0.5) is 21.5 Å². The molecule has 3 rings (SSSR count). The van der Waals surface area contributed by atoms with Gasteiger partial charge in [-0.15, -0.1) is 0 Å². The van der Waals surface area contributed by atoms with Crippen LogP contribution in [0.2, 0.25) is 0 Å². The van der Waals surface area contributed by atoms with E-state index in [1.165, 1.54) is 12.4 Å². The second kappa shape index (κ2) is 4.90. The lowest BCUT2D eigenvalue weighted by Crippen LogP contribution is -2.07. The molecule has 0 saturated carbocycles. The average Bonchev–Trinajstić information content (AvgIpc) is 2.45. The van der Waals surface area contributed by atoms with Gasteiger partial charge >= 0.3 is 0 Å². The standard InChI is InChI=1S/C15H13FN4O/c1-8-4-9(2-3-11(8)16)20-14-6-13-10(5-12(14)17)15(21)19-7-18-13/h2-7,20H,17H2,1H3,(H,18,19,21). The van der Waals surface area contributed by atoms with Crippen LogP contribution in [0.25, 0.3) is 10.9 Å². The maximum atomic E-state index is 13.3. The lowest BCUT2D eigenvalue weighted by Gasteiger charge is -2.11. The van der Waals surface area contributed by atoms with Crippen molar-refractivity contribution in [3.05, 3.63) is 58.4 Å². The number of H-pyrrole nitrogens is 1. The van der Waals surface area contributed by atoms with Crippen LogP contribution < -0.4 is 16.6 Å². The van der Waals surface area contributed by atoms with Crippen LogP contribution >= 0.6 is 0 Å². The van der Waals surface area contributed by atoms with Crippen molar-refractivity contribution in [3.8, 4) is 0 Å². The maximum absolute atomic E-state index is 13.3. The molecule has 0 unspecified atom stereocenters. The van der Waals surface area contributed by atoms with Gasteiger partial charge in [0, 0.05) is 5.69 Å². The third kappa shape index (κ3) is 2.43. The van der Waals surface area contributed by atoms with Gasteiger partial charge in [-0.25, -0.2) is 9.37 Å². The number of nitrogens with zero attached hydrogens (tertiary/aromatic N) is 1. The molecule has 0 aliphatic rings. The van der Waals surface area contributed by atoms with Crippen molar-refractivity contribution in [3.63, 3.8) is 0 Å². The van der Waals surface area contributed by atoms with E-state index in [0.717, 1.165) is 0 Å². The molecule has 0 spiro atoms. The quantitative estimate of drug-likeness (QED) is 0.632. The number of nitrogen functional groups attached to an aromatic ring is 1. The zero-order chi connectivity index (χ0) is 15.0. The summed E-state index contributed by atoms with van der Waals surface area (Å²) in [4.78, 5) is 18.3. The first kappa shape index (κ1) is 13.1. The van der Waals surface area contributed by atoms with Gasteiger partial charge in [-0.2, -0.15) is 0 Å². The summed E-state index contributed by atoms with van der Waals surface area (Å²) in [6.45, 7) is 1.69. The van der Waals surface area contributed by atoms with Crippen LogP contribution in [0.1, 0.15) is 5.56 Å². The number of nitrogens with two attached hydrogens (primary N) is 1. The number of nitrogens with one attached hydrogen (secondary N) is 2. The number of benzene rings is 2. The Morgan fingerprint density at radius 1 is 1.29 bits per heavy atom. The van der Waals surface area contributed by atoms with Gasteiger partial charge in [0.05, 0.1) is 28.6 Å². The van der Waals surface area contributed by atoms with E-state index in [1.54, 1.807) is 31.2 Å². The van der Waals surface area contributed by atoms with Gasteiger partial charge in [0.1, 0.15) is 5.82 Å². The monoisotopic (exact) mass is 284 g/mol. The minimum absolute atomic E-state index is 0.240. The Kier molecular flexibility index (Phi) is 3.06. The number of fused-ring (bicyclic) bond motifs is 1. The number of aromatic amines is 1. The predicted molar refractivity (Wildman–Crippen MR) is 81.2 cm³/mol. The highest BCUT2D eigenvalue weighted by molar-refractivity contribution is 5.89. The number of aromatic nitrogens is 2. The fourth-order valence-corrected chi connectivity index (χ4v) is 2.12. The van der Waals surface area contributed by atoms with Gasteiger partial charge in [0.2, 0.25) is 0 Å². The predicted octanol–water partition coefficient (Wildman–Crippen LogP) is 2.70. The molecule has 0 atom stereocenters. The van der Waals surface area contributed by atoms with E-state index >= 15 is 0 Å². The number of halogens is 1. The van der Waals surface area contributed by atoms with Crippen molar-refractivity contribution in [2.75, 3.05) is 11.1 Å². The SMILES string of the molecule is Cc1cc(Nc2cc3nc[nH]c(=O)c3cc2N)ccc1F. The number of hydrogen-bond donors (Lipinski definition) is 3. The molecule has 6 heteroatoms. The molecule has 0 amide bonds. The van der Waals surface area contributed by atoms with Crippen molar-refractivity contribution in [2.45, 2.75) is 6.92 Å². The van der Waals surface area contributed by atoms with E-state index in [-0.39, 0.29) is 11.4 Å². The van der Waals surface area contributed by atoms with Crippen LogP contribution in [-0.4, -0.2) is 9.97 Å². The normalized spacial score (nSPS) is 10.8. The summed E-state index contributed by atoms with van der Waals surface area (Å²) in [5.74, 6) is -0.264. The number of aryl methyl sites for hydroxylation is 1.